The first-order valence-electron chi connectivity index (χ1n) is 5.70. The van der Waals surface area contributed by atoms with Crippen LogP contribution in [0.3, 0.4) is 0 Å². The van der Waals surface area contributed by atoms with Gasteiger partial charge in [0.15, 0.2) is 5.82 Å². The van der Waals surface area contributed by atoms with Crippen molar-refractivity contribution >= 4 is 11.5 Å². The van der Waals surface area contributed by atoms with Crippen molar-refractivity contribution in [2.45, 2.75) is 6.42 Å². The van der Waals surface area contributed by atoms with E-state index in [2.05, 4.69) is 31.9 Å². The van der Waals surface area contributed by atoms with Crippen LogP contribution in [-0.4, -0.2) is 39.2 Å². The molecule has 0 atom stereocenters. The van der Waals surface area contributed by atoms with Crippen LogP contribution in [-0.2, 0) is 0 Å². The summed E-state index contributed by atoms with van der Waals surface area (Å²) in [7, 11) is 0. The second kappa shape index (κ2) is 4.50. The van der Waals surface area contributed by atoms with Crippen molar-refractivity contribution in [3.8, 4) is 0 Å². The number of rotatable bonds is 3. The van der Waals surface area contributed by atoms with Crippen molar-refractivity contribution < 1.29 is 0 Å². The summed E-state index contributed by atoms with van der Waals surface area (Å²) in [6.45, 7) is 2.83. The zero-order valence-electron chi connectivity index (χ0n) is 9.43. The van der Waals surface area contributed by atoms with Gasteiger partial charge in [0.1, 0.15) is 6.33 Å². The third-order valence-corrected chi connectivity index (χ3v) is 2.86. The summed E-state index contributed by atoms with van der Waals surface area (Å²) in [6, 6.07) is 0. The molecule has 0 unspecified atom stereocenters. The van der Waals surface area contributed by atoms with E-state index in [9.17, 15) is 0 Å². The minimum Gasteiger partial charge on any atom is -0.363 e. The van der Waals surface area contributed by atoms with Crippen molar-refractivity contribution in [3.05, 3.63) is 30.4 Å². The molecule has 0 radical (unpaired) electrons. The maximum atomic E-state index is 4.29. The highest BCUT2D eigenvalue weighted by molar-refractivity contribution is 5.61. The summed E-state index contributed by atoms with van der Waals surface area (Å²) in [5.41, 5.74) is 2.18. The molecule has 6 nitrogen and oxygen atoms in total. The van der Waals surface area contributed by atoms with E-state index in [4.69, 9.17) is 0 Å². The highest BCUT2D eigenvalue weighted by atomic mass is 15.2. The van der Waals surface area contributed by atoms with Crippen molar-refractivity contribution in [1.29, 1.82) is 0 Å². The molecule has 6 heteroatoms. The van der Waals surface area contributed by atoms with Gasteiger partial charge in [-0.2, -0.15) is 0 Å². The van der Waals surface area contributed by atoms with Crippen molar-refractivity contribution in [3.63, 3.8) is 0 Å². The Labute approximate surface area is 98.8 Å². The average molecular weight is 230 g/mol. The van der Waals surface area contributed by atoms with Gasteiger partial charge >= 0.3 is 0 Å². The van der Waals surface area contributed by atoms with Crippen molar-refractivity contribution in [2.75, 3.05) is 25.0 Å². The fraction of sp³-hybridized carbons (Fsp3) is 0.364. The molecule has 0 fully saturated rings. The Bertz CT molecular complexity index is 544. The second-order valence-corrected chi connectivity index (χ2v) is 4.01. The summed E-state index contributed by atoms with van der Waals surface area (Å²) < 4.78 is 1.85. The van der Waals surface area contributed by atoms with E-state index in [1.807, 2.05) is 10.6 Å². The summed E-state index contributed by atoms with van der Waals surface area (Å²) in [5.74, 6) is 0.782. The highest BCUT2D eigenvalue weighted by Crippen LogP contribution is 2.11. The largest absolute Gasteiger partial charge is 0.363 e. The van der Waals surface area contributed by atoms with Gasteiger partial charge in [0, 0.05) is 25.5 Å². The van der Waals surface area contributed by atoms with Crippen LogP contribution in [0, 0.1) is 0 Å². The predicted molar refractivity (Wildman–Crippen MR) is 64.8 cm³/mol. The molecule has 17 heavy (non-hydrogen) atoms. The van der Waals surface area contributed by atoms with Gasteiger partial charge in [0.2, 0.25) is 5.65 Å². The fourth-order valence-corrected chi connectivity index (χ4v) is 1.91. The Morgan fingerprint density at radius 3 is 3.35 bits per heavy atom. The zero-order valence-corrected chi connectivity index (χ0v) is 9.43. The topological polar surface area (TPSA) is 67.1 Å². The molecule has 0 bridgehead atoms. The molecule has 2 aromatic rings. The van der Waals surface area contributed by atoms with Gasteiger partial charge in [0.05, 0.1) is 0 Å². The van der Waals surface area contributed by atoms with E-state index in [1.165, 1.54) is 5.57 Å². The Balaban J connectivity index is 1.76. The number of aromatic nitrogens is 4. The van der Waals surface area contributed by atoms with Crippen LogP contribution in [0.15, 0.2) is 30.4 Å². The first kappa shape index (κ1) is 10.2. The van der Waals surface area contributed by atoms with Gasteiger partial charge in [-0.1, -0.05) is 11.6 Å². The molecule has 0 spiro atoms. The molecule has 0 aromatic carbocycles. The van der Waals surface area contributed by atoms with E-state index >= 15 is 0 Å². The van der Waals surface area contributed by atoms with E-state index in [0.29, 0.717) is 0 Å². The zero-order chi connectivity index (χ0) is 11.5. The third kappa shape index (κ3) is 2.12. The van der Waals surface area contributed by atoms with E-state index in [1.54, 1.807) is 12.5 Å². The maximum Gasteiger partial charge on any atom is 0.203 e. The molecule has 2 N–H and O–H groups in total. The molecule has 1 aliphatic rings. The lowest BCUT2D eigenvalue weighted by Gasteiger charge is -2.14. The number of anilines is 1. The molecule has 2 aromatic heterocycles. The van der Waals surface area contributed by atoms with Crippen LogP contribution in [0.5, 0.6) is 0 Å². The summed E-state index contributed by atoms with van der Waals surface area (Å²) in [5, 5.41) is 14.5. The van der Waals surface area contributed by atoms with Gasteiger partial charge in [-0.3, -0.25) is 4.40 Å². The lowest BCUT2D eigenvalue weighted by atomic mass is 10.1. The van der Waals surface area contributed by atoms with E-state index in [-0.39, 0.29) is 0 Å². The van der Waals surface area contributed by atoms with Gasteiger partial charge in [-0.15, -0.1) is 10.2 Å². The maximum absolute atomic E-state index is 4.29. The SMILES string of the molecule is C1=C(CNc2nccn3cnnc23)CCNC1. The Morgan fingerprint density at radius 2 is 2.47 bits per heavy atom. The fourth-order valence-electron chi connectivity index (χ4n) is 1.91. The molecule has 0 saturated heterocycles. The van der Waals surface area contributed by atoms with Crippen LogP contribution in [0.25, 0.3) is 5.65 Å². The lowest BCUT2D eigenvalue weighted by molar-refractivity contribution is 0.697. The molecule has 0 amide bonds. The van der Waals surface area contributed by atoms with E-state index in [0.717, 1.165) is 37.5 Å². The number of hydrogen-bond acceptors (Lipinski definition) is 5. The number of fused-ring (bicyclic) bond motifs is 1. The molecular weight excluding hydrogens is 216 g/mol. The monoisotopic (exact) mass is 230 g/mol. The summed E-state index contributed by atoms with van der Waals surface area (Å²) in [6.07, 6.45) is 8.56. The second-order valence-electron chi connectivity index (χ2n) is 4.01. The van der Waals surface area contributed by atoms with Crippen LogP contribution in [0.4, 0.5) is 5.82 Å². The Morgan fingerprint density at radius 1 is 1.47 bits per heavy atom. The highest BCUT2D eigenvalue weighted by Gasteiger charge is 2.06. The van der Waals surface area contributed by atoms with Crippen molar-refractivity contribution in [2.24, 2.45) is 0 Å². The Kier molecular flexibility index (Phi) is 2.71. The normalized spacial score (nSPS) is 15.9. The third-order valence-electron chi connectivity index (χ3n) is 2.86. The van der Waals surface area contributed by atoms with Crippen molar-refractivity contribution in [1.82, 2.24) is 24.9 Å². The number of hydrogen-bond donors (Lipinski definition) is 2. The van der Waals surface area contributed by atoms with Gasteiger partial charge in [0.25, 0.3) is 0 Å². The standard InChI is InChI=1S/C11H14N6/c1-3-12-4-2-9(1)7-14-10-11-16-15-8-17(11)6-5-13-10/h1,5-6,8,12H,2-4,7H2,(H,13,14). The number of nitrogens with zero attached hydrogens (tertiary/aromatic N) is 4. The molecule has 3 heterocycles. The molecule has 1 aliphatic heterocycles. The summed E-state index contributed by atoms with van der Waals surface area (Å²) >= 11 is 0. The van der Waals surface area contributed by atoms with Gasteiger partial charge < -0.3 is 10.6 Å². The van der Waals surface area contributed by atoms with Gasteiger partial charge in [-0.05, 0) is 13.0 Å². The van der Waals surface area contributed by atoms with Crippen LogP contribution < -0.4 is 10.6 Å². The molecule has 3 rings (SSSR count). The van der Waals surface area contributed by atoms with Crippen LogP contribution in [0.1, 0.15) is 6.42 Å². The number of nitrogens with one attached hydrogen (secondary N) is 2. The predicted octanol–water partition coefficient (Wildman–Crippen LogP) is 0.456. The summed E-state index contributed by atoms with van der Waals surface area (Å²) in [4.78, 5) is 4.29. The molecule has 0 saturated carbocycles. The van der Waals surface area contributed by atoms with Crippen LogP contribution in [0.2, 0.25) is 0 Å². The molecule has 0 aliphatic carbocycles. The molecule has 88 valence electrons. The average Bonchev–Trinajstić information content (AvgIpc) is 2.86. The first-order valence-corrected chi connectivity index (χ1v) is 5.70. The smallest absolute Gasteiger partial charge is 0.203 e. The Hall–Kier alpha value is -1.95. The molecular formula is C11H14N6. The van der Waals surface area contributed by atoms with E-state index < -0.39 is 0 Å². The van der Waals surface area contributed by atoms with Gasteiger partial charge in [-0.25, -0.2) is 4.98 Å². The lowest BCUT2D eigenvalue weighted by Crippen LogP contribution is -2.23. The minimum atomic E-state index is 0.766. The van der Waals surface area contributed by atoms with Crippen LogP contribution >= 0.6 is 0 Å². The quantitative estimate of drug-likeness (QED) is 0.750. The first-order chi connectivity index (χ1) is 8.43. The minimum absolute atomic E-state index is 0.766.